The van der Waals surface area contributed by atoms with Gasteiger partial charge in [0, 0.05) is 31.4 Å². The summed E-state index contributed by atoms with van der Waals surface area (Å²) in [4.78, 5) is 11.4. The van der Waals surface area contributed by atoms with Crippen LogP contribution in [-0.4, -0.2) is 50.8 Å². The second kappa shape index (κ2) is 17.1. The molecule has 0 heterocycles. The highest BCUT2D eigenvalue weighted by Crippen LogP contribution is 2.01. The summed E-state index contributed by atoms with van der Waals surface area (Å²) < 4.78 is 16.1. The van der Waals surface area contributed by atoms with Crippen molar-refractivity contribution in [2.24, 2.45) is 0 Å². The lowest BCUT2D eigenvalue weighted by Crippen LogP contribution is -2.10. The summed E-state index contributed by atoms with van der Waals surface area (Å²) in [5.74, 6) is 0.327. The second-order valence-electron chi connectivity index (χ2n) is 4.63. The van der Waals surface area contributed by atoms with E-state index in [2.05, 4.69) is 22.9 Å². The molecule has 0 aliphatic carbocycles. The molecule has 0 atom stereocenters. The third kappa shape index (κ3) is 16.1. The van der Waals surface area contributed by atoms with Gasteiger partial charge in [-0.15, -0.1) is 0 Å². The van der Waals surface area contributed by atoms with Crippen LogP contribution in [0.25, 0.3) is 0 Å². The zero-order chi connectivity index (χ0) is 14.9. The van der Waals surface area contributed by atoms with Gasteiger partial charge < -0.3 is 14.2 Å². The Labute approximate surface area is 131 Å². The molecule has 5 heteroatoms. The third-order valence-corrected chi connectivity index (χ3v) is 3.28. The molecular formula is C15H29BrO4. The van der Waals surface area contributed by atoms with Gasteiger partial charge in [-0.3, -0.25) is 4.79 Å². The maximum Gasteiger partial charge on any atom is 0.133 e. The number of hydrogen-bond acceptors (Lipinski definition) is 4. The fourth-order valence-corrected chi connectivity index (χ4v) is 1.83. The van der Waals surface area contributed by atoms with Crippen LogP contribution in [0.1, 0.15) is 45.4 Å². The summed E-state index contributed by atoms with van der Waals surface area (Å²) in [7, 11) is 0. The maximum atomic E-state index is 11.4. The quantitative estimate of drug-likeness (QED) is 0.315. The molecule has 0 aromatic rings. The Morgan fingerprint density at radius 1 is 0.800 bits per heavy atom. The molecule has 120 valence electrons. The highest BCUT2D eigenvalue weighted by Gasteiger charge is 2.00. The fraction of sp³-hybridized carbons (Fsp3) is 0.933. The normalized spacial score (nSPS) is 10.9. The van der Waals surface area contributed by atoms with Crippen molar-refractivity contribution in [1.82, 2.24) is 0 Å². The number of halogens is 1. The molecule has 0 aliphatic rings. The van der Waals surface area contributed by atoms with E-state index in [1.807, 2.05) is 0 Å². The molecule has 0 amide bonds. The molecule has 0 N–H and O–H groups in total. The van der Waals surface area contributed by atoms with Crippen LogP contribution in [0.4, 0.5) is 0 Å². The van der Waals surface area contributed by atoms with E-state index < -0.39 is 0 Å². The van der Waals surface area contributed by atoms with Gasteiger partial charge in [-0.2, -0.15) is 0 Å². The largest absolute Gasteiger partial charge is 0.379 e. The maximum absolute atomic E-state index is 11.4. The first-order valence-electron chi connectivity index (χ1n) is 7.62. The molecule has 0 aromatic heterocycles. The van der Waals surface area contributed by atoms with Gasteiger partial charge in [-0.05, 0) is 19.3 Å². The summed E-state index contributed by atoms with van der Waals surface area (Å²) in [5.41, 5.74) is 0. The molecule has 0 radical (unpaired) electrons. The zero-order valence-corrected chi connectivity index (χ0v) is 14.3. The van der Waals surface area contributed by atoms with Crippen LogP contribution < -0.4 is 0 Å². The lowest BCUT2D eigenvalue weighted by Gasteiger charge is -2.06. The van der Waals surface area contributed by atoms with E-state index in [1.165, 1.54) is 0 Å². The number of ether oxygens (including phenoxy) is 3. The second-order valence-corrected chi connectivity index (χ2v) is 5.42. The molecule has 0 saturated carbocycles. The highest BCUT2D eigenvalue weighted by molar-refractivity contribution is 9.09. The third-order valence-electron chi connectivity index (χ3n) is 2.72. The van der Waals surface area contributed by atoms with Gasteiger partial charge in [0.05, 0.1) is 26.4 Å². The molecule has 0 rings (SSSR count). The molecule has 0 unspecified atom stereocenters. The summed E-state index contributed by atoms with van der Waals surface area (Å²) in [5, 5.41) is 0.898. The number of unbranched alkanes of at least 4 members (excludes halogenated alkanes) is 1. The molecule has 0 aromatic carbocycles. The van der Waals surface area contributed by atoms with Crippen molar-refractivity contribution >= 4 is 21.7 Å². The van der Waals surface area contributed by atoms with Gasteiger partial charge in [-0.25, -0.2) is 0 Å². The first-order valence-corrected chi connectivity index (χ1v) is 8.74. The van der Waals surface area contributed by atoms with Crippen molar-refractivity contribution in [2.75, 3.05) is 45.0 Å². The number of Topliss-reactive ketones (excluding diaryl/α,β-unsaturated/α-hetero) is 1. The van der Waals surface area contributed by atoms with Crippen LogP contribution in [0.5, 0.6) is 0 Å². The zero-order valence-electron chi connectivity index (χ0n) is 12.7. The molecule has 20 heavy (non-hydrogen) atoms. The number of hydrogen-bond donors (Lipinski definition) is 0. The van der Waals surface area contributed by atoms with Crippen molar-refractivity contribution in [3.8, 4) is 0 Å². The lowest BCUT2D eigenvalue weighted by molar-refractivity contribution is -0.119. The Bertz CT molecular complexity index is 212. The van der Waals surface area contributed by atoms with Crippen molar-refractivity contribution in [3.05, 3.63) is 0 Å². The Kier molecular flexibility index (Phi) is 17.1. The minimum absolute atomic E-state index is 0.327. The molecular weight excluding hydrogens is 324 g/mol. The first-order chi connectivity index (χ1) is 9.81. The van der Waals surface area contributed by atoms with Crippen LogP contribution in [0.2, 0.25) is 0 Å². The van der Waals surface area contributed by atoms with Gasteiger partial charge in [0.1, 0.15) is 5.78 Å². The van der Waals surface area contributed by atoms with E-state index in [0.29, 0.717) is 51.7 Å². The Balaban J connectivity index is 3.04. The van der Waals surface area contributed by atoms with Gasteiger partial charge in [0.15, 0.2) is 0 Å². The Morgan fingerprint density at radius 2 is 1.30 bits per heavy atom. The van der Waals surface area contributed by atoms with Crippen LogP contribution in [0.15, 0.2) is 0 Å². The molecule has 0 bridgehead atoms. The van der Waals surface area contributed by atoms with Gasteiger partial charge >= 0.3 is 0 Å². The predicted molar refractivity (Wildman–Crippen MR) is 84.6 cm³/mol. The standard InChI is InChI=1S/C15H29BrO4/c1-2-3-9-18-11-13-20-14-12-19-10-5-7-15(17)6-4-8-16/h2-14H2,1H3. The molecule has 0 fully saturated rings. The number of ketones is 1. The van der Waals surface area contributed by atoms with E-state index in [9.17, 15) is 4.79 Å². The topological polar surface area (TPSA) is 44.8 Å². The van der Waals surface area contributed by atoms with Gasteiger partial charge in [0.2, 0.25) is 0 Å². The SMILES string of the molecule is CCCCOCCOCCOCCCC(=O)CCCBr. The van der Waals surface area contributed by atoms with Gasteiger partial charge in [-0.1, -0.05) is 29.3 Å². The summed E-state index contributed by atoms with van der Waals surface area (Å²) in [6, 6.07) is 0. The smallest absolute Gasteiger partial charge is 0.133 e. The van der Waals surface area contributed by atoms with E-state index in [1.54, 1.807) is 0 Å². The number of alkyl halides is 1. The average Bonchev–Trinajstić information content (AvgIpc) is 2.46. The highest BCUT2D eigenvalue weighted by atomic mass is 79.9. The minimum Gasteiger partial charge on any atom is -0.379 e. The average molecular weight is 353 g/mol. The molecule has 4 nitrogen and oxygen atoms in total. The Morgan fingerprint density at radius 3 is 1.85 bits per heavy atom. The predicted octanol–water partition coefficient (Wildman–Crippen LogP) is 3.36. The van der Waals surface area contributed by atoms with E-state index in [4.69, 9.17) is 14.2 Å². The van der Waals surface area contributed by atoms with Crippen LogP contribution in [0.3, 0.4) is 0 Å². The van der Waals surface area contributed by atoms with Crippen molar-refractivity contribution in [1.29, 1.82) is 0 Å². The van der Waals surface area contributed by atoms with Gasteiger partial charge in [0.25, 0.3) is 0 Å². The van der Waals surface area contributed by atoms with E-state index in [0.717, 1.165) is 37.6 Å². The Hall–Kier alpha value is 0.0300. The van der Waals surface area contributed by atoms with Crippen molar-refractivity contribution in [3.63, 3.8) is 0 Å². The summed E-state index contributed by atoms with van der Waals surface area (Å²) in [6.45, 7) is 6.06. The number of carbonyl (C=O) groups excluding carboxylic acids is 1. The van der Waals surface area contributed by atoms with Crippen molar-refractivity contribution < 1.29 is 19.0 Å². The lowest BCUT2D eigenvalue weighted by atomic mass is 10.1. The van der Waals surface area contributed by atoms with Crippen LogP contribution in [0, 0.1) is 0 Å². The first kappa shape index (κ1) is 20.0. The van der Waals surface area contributed by atoms with E-state index in [-0.39, 0.29) is 0 Å². The van der Waals surface area contributed by atoms with Crippen molar-refractivity contribution in [2.45, 2.75) is 45.4 Å². The summed E-state index contributed by atoms with van der Waals surface area (Å²) in [6.07, 6.45) is 5.30. The van der Waals surface area contributed by atoms with Crippen LogP contribution in [-0.2, 0) is 19.0 Å². The monoisotopic (exact) mass is 352 g/mol. The fourth-order valence-electron chi connectivity index (χ4n) is 1.55. The van der Waals surface area contributed by atoms with Crippen LogP contribution >= 0.6 is 15.9 Å². The summed E-state index contributed by atoms with van der Waals surface area (Å²) >= 11 is 3.32. The minimum atomic E-state index is 0.327. The molecule has 0 spiro atoms. The number of rotatable bonds is 16. The molecule has 0 saturated heterocycles. The number of carbonyl (C=O) groups is 1. The van der Waals surface area contributed by atoms with E-state index >= 15 is 0 Å². The molecule has 0 aliphatic heterocycles.